The quantitative estimate of drug-likeness (QED) is 0.712. The number of rotatable bonds is 6. The summed E-state index contributed by atoms with van der Waals surface area (Å²) in [6.07, 6.45) is 0. The molecule has 3 aromatic carbocycles. The minimum atomic E-state index is -0.0712. The van der Waals surface area contributed by atoms with Crippen molar-refractivity contribution in [1.29, 1.82) is 0 Å². The summed E-state index contributed by atoms with van der Waals surface area (Å²) in [5, 5.41) is 8.38. The number of anilines is 1. The van der Waals surface area contributed by atoms with E-state index in [2.05, 4.69) is 10.6 Å². The molecule has 0 bridgehead atoms. The van der Waals surface area contributed by atoms with Crippen LogP contribution in [0, 0.1) is 0 Å². The number of methoxy groups -OCH3 is 1. The summed E-state index contributed by atoms with van der Waals surface area (Å²) in [7, 11) is 1.65. The molecule has 0 heterocycles. The molecule has 1 atom stereocenters. The number of hydrogen-bond donors (Lipinski definition) is 2. The van der Waals surface area contributed by atoms with Gasteiger partial charge in [0.2, 0.25) is 5.91 Å². The van der Waals surface area contributed by atoms with E-state index in [9.17, 15) is 4.79 Å². The Bertz CT molecular complexity index is 871. The second-order valence-electron chi connectivity index (χ2n) is 5.92. The number of carbonyl (C=O) groups is 1. The zero-order valence-electron chi connectivity index (χ0n) is 14.5. The monoisotopic (exact) mass is 334 g/mol. The fraction of sp³-hybridized carbons (Fsp3) is 0.190. The van der Waals surface area contributed by atoms with Crippen LogP contribution < -0.4 is 15.4 Å². The Balaban J connectivity index is 1.65. The summed E-state index contributed by atoms with van der Waals surface area (Å²) in [6.45, 7) is 2.24. The van der Waals surface area contributed by atoms with E-state index < -0.39 is 0 Å². The molecule has 3 rings (SSSR count). The Morgan fingerprint density at radius 1 is 1.00 bits per heavy atom. The summed E-state index contributed by atoms with van der Waals surface area (Å²) in [5.74, 6) is 0.745. The summed E-state index contributed by atoms with van der Waals surface area (Å²) >= 11 is 0. The van der Waals surface area contributed by atoms with Crippen LogP contribution in [0.4, 0.5) is 5.69 Å². The van der Waals surface area contributed by atoms with Crippen molar-refractivity contribution < 1.29 is 9.53 Å². The molecule has 3 aromatic rings. The number of amides is 1. The number of hydrogen-bond acceptors (Lipinski definition) is 3. The number of ether oxygens (including phenoxy) is 1. The van der Waals surface area contributed by atoms with Gasteiger partial charge in [-0.05, 0) is 24.4 Å². The molecular weight excluding hydrogens is 312 g/mol. The predicted molar refractivity (Wildman–Crippen MR) is 102 cm³/mol. The van der Waals surface area contributed by atoms with Gasteiger partial charge in [-0.3, -0.25) is 4.79 Å². The van der Waals surface area contributed by atoms with Gasteiger partial charge in [-0.25, -0.2) is 0 Å². The molecule has 0 aliphatic rings. The fourth-order valence-electron chi connectivity index (χ4n) is 2.91. The first-order valence-electron chi connectivity index (χ1n) is 8.33. The second-order valence-corrected chi connectivity index (χ2v) is 5.92. The molecule has 0 saturated carbocycles. The molecule has 0 aliphatic carbocycles. The van der Waals surface area contributed by atoms with Gasteiger partial charge in [-0.15, -0.1) is 0 Å². The fourth-order valence-corrected chi connectivity index (χ4v) is 2.91. The molecule has 0 unspecified atom stereocenters. The van der Waals surface area contributed by atoms with E-state index in [0.29, 0.717) is 0 Å². The van der Waals surface area contributed by atoms with Crippen LogP contribution in [-0.2, 0) is 4.79 Å². The van der Waals surface area contributed by atoms with Gasteiger partial charge in [0.1, 0.15) is 5.75 Å². The predicted octanol–water partition coefficient (Wildman–Crippen LogP) is 4.14. The van der Waals surface area contributed by atoms with Crippen molar-refractivity contribution in [2.24, 2.45) is 0 Å². The molecule has 1 amide bonds. The molecule has 0 spiro atoms. The highest BCUT2D eigenvalue weighted by atomic mass is 16.5. The van der Waals surface area contributed by atoms with E-state index in [1.807, 2.05) is 73.7 Å². The summed E-state index contributed by atoms with van der Waals surface area (Å²) in [4.78, 5) is 12.3. The summed E-state index contributed by atoms with van der Waals surface area (Å²) < 4.78 is 5.38. The molecule has 4 heteroatoms. The number of carbonyl (C=O) groups excluding carboxylic acids is 1. The number of benzene rings is 3. The first-order valence-corrected chi connectivity index (χ1v) is 8.33. The van der Waals surface area contributed by atoms with Crippen LogP contribution in [0.25, 0.3) is 10.8 Å². The van der Waals surface area contributed by atoms with Crippen LogP contribution in [0.5, 0.6) is 5.75 Å². The normalized spacial score (nSPS) is 11.9. The molecule has 4 nitrogen and oxygen atoms in total. The maximum absolute atomic E-state index is 12.3. The lowest BCUT2D eigenvalue weighted by Gasteiger charge is -2.17. The molecule has 0 aromatic heterocycles. The van der Waals surface area contributed by atoms with Crippen molar-refractivity contribution in [3.05, 3.63) is 72.3 Å². The molecule has 25 heavy (non-hydrogen) atoms. The number of para-hydroxylation sites is 1. The highest BCUT2D eigenvalue weighted by Crippen LogP contribution is 2.25. The lowest BCUT2D eigenvalue weighted by atomic mass is 10.1. The second kappa shape index (κ2) is 7.81. The van der Waals surface area contributed by atoms with Crippen LogP contribution in [-0.4, -0.2) is 19.6 Å². The first kappa shape index (κ1) is 17.0. The van der Waals surface area contributed by atoms with E-state index in [-0.39, 0.29) is 18.5 Å². The lowest BCUT2D eigenvalue weighted by Crippen LogP contribution is -2.30. The number of fused-ring (bicyclic) bond motifs is 1. The van der Waals surface area contributed by atoms with Gasteiger partial charge in [0.05, 0.1) is 13.7 Å². The maximum atomic E-state index is 12.3. The summed E-state index contributed by atoms with van der Waals surface area (Å²) in [6, 6.07) is 21.7. The largest absolute Gasteiger partial charge is 0.496 e. The van der Waals surface area contributed by atoms with Crippen LogP contribution >= 0.6 is 0 Å². The standard InChI is InChI=1S/C21H22N2O2/c1-15(17-10-5-6-13-20(17)25-2)22-14-21(24)23-19-12-7-9-16-8-3-4-11-18(16)19/h3-13,15,22H,14H2,1-2H3,(H,23,24)/t15-/m1/s1. The van der Waals surface area contributed by atoms with Crippen molar-refractivity contribution in [3.63, 3.8) is 0 Å². The van der Waals surface area contributed by atoms with E-state index in [1.165, 1.54) is 0 Å². The Morgan fingerprint density at radius 2 is 1.72 bits per heavy atom. The minimum Gasteiger partial charge on any atom is -0.496 e. The molecule has 128 valence electrons. The van der Waals surface area contributed by atoms with Crippen molar-refractivity contribution in [3.8, 4) is 5.75 Å². The highest BCUT2D eigenvalue weighted by Gasteiger charge is 2.12. The van der Waals surface area contributed by atoms with E-state index >= 15 is 0 Å². The van der Waals surface area contributed by atoms with Crippen LogP contribution in [0.3, 0.4) is 0 Å². The average molecular weight is 334 g/mol. The molecule has 0 radical (unpaired) electrons. The third-order valence-electron chi connectivity index (χ3n) is 4.24. The lowest BCUT2D eigenvalue weighted by molar-refractivity contribution is -0.115. The molecule has 0 aliphatic heterocycles. The van der Waals surface area contributed by atoms with Gasteiger partial charge in [0, 0.05) is 22.7 Å². The third-order valence-corrected chi connectivity index (χ3v) is 4.24. The van der Waals surface area contributed by atoms with Crippen molar-refractivity contribution >= 4 is 22.4 Å². The van der Waals surface area contributed by atoms with Gasteiger partial charge < -0.3 is 15.4 Å². The molecular formula is C21H22N2O2. The molecule has 2 N–H and O–H groups in total. The Hall–Kier alpha value is -2.85. The zero-order valence-corrected chi connectivity index (χ0v) is 14.5. The third kappa shape index (κ3) is 3.98. The highest BCUT2D eigenvalue weighted by molar-refractivity contribution is 6.02. The van der Waals surface area contributed by atoms with E-state index in [4.69, 9.17) is 4.74 Å². The van der Waals surface area contributed by atoms with Crippen molar-refractivity contribution in [2.45, 2.75) is 13.0 Å². The first-order chi connectivity index (χ1) is 12.2. The zero-order chi connectivity index (χ0) is 17.6. The topological polar surface area (TPSA) is 50.4 Å². The molecule has 0 saturated heterocycles. The van der Waals surface area contributed by atoms with Gasteiger partial charge in [-0.2, -0.15) is 0 Å². The van der Waals surface area contributed by atoms with Crippen LogP contribution in [0.2, 0.25) is 0 Å². The van der Waals surface area contributed by atoms with Gasteiger partial charge in [0.15, 0.2) is 0 Å². The number of nitrogens with one attached hydrogen (secondary N) is 2. The van der Waals surface area contributed by atoms with Gasteiger partial charge in [0.25, 0.3) is 0 Å². The van der Waals surface area contributed by atoms with Crippen molar-refractivity contribution in [1.82, 2.24) is 5.32 Å². The SMILES string of the molecule is COc1ccccc1[C@@H](C)NCC(=O)Nc1cccc2ccccc12. The minimum absolute atomic E-state index is 0.00872. The average Bonchev–Trinajstić information content (AvgIpc) is 2.66. The van der Waals surface area contributed by atoms with Gasteiger partial charge >= 0.3 is 0 Å². The Morgan fingerprint density at radius 3 is 2.56 bits per heavy atom. The van der Waals surface area contributed by atoms with E-state index in [0.717, 1.165) is 27.8 Å². The van der Waals surface area contributed by atoms with Crippen molar-refractivity contribution in [2.75, 3.05) is 19.0 Å². The Labute approximate surface area is 147 Å². The Kier molecular flexibility index (Phi) is 5.31. The summed E-state index contributed by atoms with van der Waals surface area (Å²) in [5.41, 5.74) is 1.86. The van der Waals surface area contributed by atoms with Crippen LogP contribution in [0.1, 0.15) is 18.5 Å². The van der Waals surface area contributed by atoms with Gasteiger partial charge in [-0.1, -0.05) is 54.6 Å². The smallest absolute Gasteiger partial charge is 0.238 e. The molecule has 0 fully saturated rings. The maximum Gasteiger partial charge on any atom is 0.238 e. The van der Waals surface area contributed by atoms with E-state index in [1.54, 1.807) is 7.11 Å². The van der Waals surface area contributed by atoms with Crippen LogP contribution in [0.15, 0.2) is 66.7 Å².